The van der Waals surface area contributed by atoms with Crippen LogP contribution in [0.1, 0.15) is 37.6 Å². The highest BCUT2D eigenvalue weighted by Crippen LogP contribution is 2.20. The highest BCUT2D eigenvalue weighted by molar-refractivity contribution is 6.07. The molecule has 0 bridgehead atoms. The number of benzene rings is 1. The van der Waals surface area contributed by atoms with Gasteiger partial charge in [-0.2, -0.15) is 4.99 Å². The first-order chi connectivity index (χ1) is 12.9. The van der Waals surface area contributed by atoms with Gasteiger partial charge in [-0.1, -0.05) is 0 Å². The van der Waals surface area contributed by atoms with Crippen LogP contribution in [-0.2, 0) is 14.3 Å². The Kier molecular flexibility index (Phi) is 5.11. The molecule has 1 fully saturated rings. The zero-order valence-corrected chi connectivity index (χ0v) is 15.3. The van der Waals surface area contributed by atoms with Crippen LogP contribution in [0.3, 0.4) is 0 Å². The second-order valence-electron chi connectivity index (χ2n) is 6.32. The molecule has 0 radical (unpaired) electrons. The molecule has 27 heavy (non-hydrogen) atoms. The lowest BCUT2D eigenvalue weighted by Gasteiger charge is -2.32. The molecule has 1 aromatic carbocycles. The van der Waals surface area contributed by atoms with Gasteiger partial charge in [-0.25, -0.2) is 9.80 Å². The van der Waals surface area contributed by atoms with Gasteiger partial charge in [-0.3, -0.25) is 20.3 Å². The number of carbonyl (C=O) groups is 3. The average molecular weight is 371 g/mol. The maximum absolute atomic E-state index is 12.7. The Balaban J connectivity index is 1.72. The summed E-state index contributed by atoms with van der Waals surface area (Å²) in [5, 5.41) is 6.96. The monoisotopic (exact) mass is 371 g/mol. The smallest absolute Gasteiger partial charge is 0.338 e. The highest BCUT2D eigenvalue weighted by atomic mass is 16.5. The van der Waals surface area contributed by atoms with Crippen LogP contribution in [0.2, 0.25) is 0 Å². The normalized spacial score (nSPS) is 18.1. The summed E-state index contributed by atoms with van der Waals surface area (Å²) < 4.78 is 4.93. The van der Waals surface area contributed by atoms with Crippen LogP contribution in [0.4, 0.5) is 5.69 Å². The van der Waals surface area contributed by atoms with Crippen molar-refractivity contribution in [3.8, 4) is 0 Å². The summed E-state index contributed by atoms with van der Waals surface area (Å²) in [7, 11) is 0. The van der Waals surface area contributed by atoms with Gasteiger partial charge in [-0.05, 0) is 50.6 Å². The Hall–Kier alpha value is -3.36. The Bertz CT molecular complexity index is 840. The number of esters is 1. The molecule has 3 rings (SSSR count). The number of nitrogens with one attached hydrogen (secondary N) is 3. The summed E-state index contributed by atoms with van der Waals surface area (Å²) in [6.07, 6.45) is -0.00515. The summed E-state index contributed by atoms with van der Waals surface area (Å²) in [5.41, 5.74) is 4.88. The zero-order chi connectivity index (χ0) is 19.6. The van der Waals surface area contributed by atoms with E-state index in [1.54, 1.807) is 36.2 Å². The van der Waals surface area contributed by atoms with Crippen molar-refractivity contribution in [2.75, 3.05) is 11.9 Å². The highest BCUT2D eigenvalue weighted by Gasteiger charge is 2.39. The molecule has 0 saturated carbocycles. The molecular formula is C18H21N5O4. The van der Waals surface area contributed by atoms with Crippen molar-refractivity contribution < 1.29 is 19.1 Å². The van der Waals surface area contributed by atoms with Crippen LogP contribution >= 0.6 is 0 Å². The molecule has 0 unspecified atom stereocenters. The number of carbonyl (C=O) groups excluding carboxylic acids is 3. The largest absolute Gasteiger partial charge is 0.462 e. The minimum Gasteiger partial charge on any atom is -0.462 e. The summed E-state index contributed by atoms with van der Waals surface area (Å²) >= 11 is 0. The zero-order valence-electron chi connectivity index (χ0n) is 15.3. The van der Waals surface area contributed by atoms with Gasteiger partial charge < -0.3 is 10.1 Å². The number of hydrogen-bond acceptors (Lipinski definition) is 7. The molecule has 0 aromatic heterocycles. The van der Waals surface area contributed by atoms with Crippen LogP contribution in [0, 0.1) is 0 Å². The van der Waals surface area contributed by atoms with E-state index in [0.29, 0.717) is 29.6 Å². The van der Waals surface area contributed by atoms with E-state index in [1.807, 2.05) is 13.8 Å². The van der Waals surface area contributed by atoms with Crippen molar-refractivity contribution in [3.05, 3.63) is 41.2 Å². The second kappa shape index (κ2) is 7.48. The number of anilines is 1. The van der Waals surface area contributed by atoms with E-state index >= 15 is 0 Å². The van der Waals surface area contributed by atoms with E-state index in [0.717, 1.165) is 5.57 Å². The van der Waals surface area contributed by atoms with Crippen molar-refractivity contribution in [2.45, 2.75) is 33.2 Å². The first kappa shape index (κ1) is 18.4. The second-order valence-corrected chi connectivity index (χ2v) is 6.32. The van der Waals surface area contributed by atoms with E-state index < -0.39 is 12.0 Å². The summed E-state index contributed by atoms with van der Waals surface area (Å²) in [6.45, 7) is 5.79. The Morgan fingerprint density at radius 2 is 2.00 bits per heavy atom. The van der Waals surface area contributed by atoms with Gasteiger partial charge in [0.25, 0.3) is 0 Å². The Morgan fingerprint density at radius 1 is 1.30 bits per heavy atom. The Morgan fingerprint density at radius 3 is 2.63 bits per heavy atom. The first-order valence-electron chi connectivity index (χ1n) is 8.59. The fraction of sp³-hybridized carbons (Fsp3) is 0.333. The number of ether oxygens (including phenoxy) is 1. The Labute approximate surface area is 156 Å². The molecule has 2 aliphatic heterocycles. The van der Waals surface area contributed by atoms with Crippen molar-refractivity contribution in [3.63, 3.8) is 0 Å². The quantitative estimate of drug-likeness (QED) is 0.684. The number of allylic oxidation sites excluding steroid dienone is 1. The predicted molar refractivity (Wildman–Crippen MR) is 98.4 cm³/mol. The summed E-state index contributed by atoms with van der Waals surface area (Å²) in [6, 6.07) is 5.62. The van der Waals surface area contributed by atoms with Gasteiger partial charge in [0.1, 0.15) is 11.9 Å². The van der Waals surface area contributed by atoms with Crippen molar-refractivity contribution >= 4 is 29.4 Å². The van der Waals surface area contributed by atoms with E-state index in [4.69, 9.17) is 4.74 Å². The molecule has 0 spiro atoms. The minimum absolute atomic E-state index is 0.00515. The van der Waals surface area contributed by atoms with Gasteiger partial charge in [0.2, 0.25) is 17.8 Å². The van der Waals surface area contributed by atoms with E-state index in [2.05, 4.69) is 21.1 Å². The van der Waals surface area contributed by atoms with E-state index in [1.165, 1.54) is 0 Å². The van der Waals surface area contributed by atoms with Crippen molar-refractivity contribution in [2.24, 2.45) is 4.99 Å². The van der Waals surface area contributed by atoms with Gasteiger partial charge in [0.05, 0.1) is 18.6 Å². The number of amides is 2. The van der Waals surface area contributed by atoms with Gasteiger partial charge in [-0.15, -0.1) is 0 Å². The molecule has 3 N–H and O–H groups in total. The number of aliphatic imine (C=N–C) groups is 1. The lowest BCUT2D eigenvalue weighted by Crippen LogP contribution is -2.61. The molecule has 142 valence electrons. The molecule has 0 aliphatic carbocycles. The van der Waals surface area contributed by atoms with Crippen LogP contribution in [-0.4, -0.2) is 41.4 Å². The van der Waals surface area contributed by atoms with E-state index in [9.17, 15) is 14.4 Å². The van der Waals surface area contributed by atoms with Gasteiger partial charge >= 0.3 is 5.97 Å². The number of nitrogens with zero attached hydrogens (tertiary/aromatic N) is 2. The fourth-order valence-electron chi connectivity index (χ4n) is 2.67. The number of rotatable bonds is 4. The standard InChI is InChI=1S/C18H21N5O4/c1-4-27-17(26)11-5-7-12(8-6-11)19-16(25)13-9-14(24)20-18-21-15(10(2)3)22-23(13)18/h5-8,13,22H,4,9H2,1-3H3,(H,19,25)(H,20,21,24)/t13-/m1/s1. The van der Waals surface area contributed by atoms with Crippen LogP contribution in [0.15, 0.2) is 40.7 Å². The predicted octanol–water partition coefficient (Wildman–Crippen LogP) is 1.12. The maximum Gasteiger partial charge on any atom is 0.338 e. The molecule has 9 nitrogen and oxygen atoms in total. The van der Waals surface area contributed by atoms with Crippen LogP contribution in [0.25, 0.3) is 0 Å². The summed E-state index contributed by atoms with van der Waals surface area (Å²) in [5.74, 6) is -0.150. The molecule has 9 heteroatoms. The lowest BCUT2D eigenvalue weighted by atomic mass is 10.1. The number of hydrazine groups is 1. The third-order valence-electron chi connectivity index (χ3n) is 4.05. The summed E-state index contributed by atoms with van der Waals surface area (Å²) in [4.78, 5) is 40.6. The molecule has 2 aliphatic rings. The first-order valence-corrected chi connectivity index (χ1v) is 8.59. The minimum atomic E-state index is -0.751. The molecule has 1 aromatic rings. The van der Waals surface area contributed by atoms with E-state index in [-0.39, 0.29) is 18.2 Å². The average Bonchev–Trinajstić information content (AvgIpc) is 3.06. The molecule has 2 heterocycles. The molecule has 2 amide bonds. The topological polar surface area (TPSA) is 112 Å². The molecule has 1 atom stereocenters. The number of guanidine groups is 1. The van der Waals surface area contributed by atoms with Crippen LogP contribution < -0.4 is 16.1 Å². The lowest BCUT2D eigenvalue weighted by molar-refractivity contribution is -0.129. The third-order valence-corrected chi connectivity index (χ3v) is 4.05. The number of fused-ring (bicyclic) bond motifs is 1. The van der Waals surface area contributed by atoms with Crippen molar-refractivity contribution in [1.29, 1.82) is 0 Å². The molecule has 1 saturated heterocycles. The van der Waals surface area contributed by atoms with Gasteiger partial charge in [0, 0.05) is 5.69 Å². The van der Waals surface area contributed by atoms with Crippen molar-refractivity contribution in [1.82, 2.24) is 15.8 Å². The van der Waals surface area contributed by atoms with Crippen LogP contribution in [0.5, 0.6) is 0 Å². The maximum atomic E-state index is 12.7. The molecular weight excluding hydrogens is 350 g/mol. The fourth-order valence-corrected chi connectivity index (χ4v) is 2.67. The number of hydrogen-bond donors (Lipinski definition) is 3. The third kappa shape index (κ3) is 3.91. The SMILES string of the molecule is CCOC(=O)c1ccc(NC(=O)[C@H]2CC(=O)NC3=NC(=C(C)C)NN32)cc1. The van der Waals surface area contributed by atoms with Gasteiger partial charge in [0.15, 0.2) is 0 Å².